The summed E-state index contributed by atoms with van der Waals surface area (Å²) in [4.78, 5) is 14.5. The van der Waals surface area contributed by atoms with Gasteiger partial charge in [0, 0.05) is 17.4 Å². The number of rotatable bonds is 2. The number of nitrogens with zero attached hydrogens (tertiary/aromatic N) is 1. The Hall–Kier alpha value is -2.29. The first kappa shape index (κ1) is 12.7. The minimum atomic E-state index is 0.146. The molecule has 0 aliphatic carbocycles. The molecule has 3 nitrogen and oxygen atoms in total. The molecule has 1 aliphatic rings. The summed E-state index contributed by atoms with van der Waals surface area (Å²) in [5.41, 5.74) is 9.70. The molecule has 0 saturated heterocycles. The number of nitrogens with two attached hydrogens (primary N) is 1. The van der Waals surface area contributed by atoms with Crippen LogP contribution in [0.25, 0.3) is 0 Å². The van der Waals surface area contributed by atoms with Crippen LogP contribution in [0.1, 0.15) is 18.1 Å². The maximum atomic E-state index is 12.6. The predicted molar refractivity (Wildman–Crippen MR) is 81.7 cm³/mol. The second kappa shape index (κ2) is 5.00. The molecule has 0 bridgehead atoms. The summed E-state index contributed by atoms with van der Waals surface area (Å²) >= 11 is 0. The molecular formula is C17H18N2O. The highest BCUT2D eigenvalue weighted by Crippen LogP contribution is 2.32. The summed E-state index contributed by atoms with van der Waals surface area (Å²) in [5, 5.41) is 0. The second-order valence-corrected chi connectivity index (χ2v) is 5.36. The summed E-state index contributed by atoms with van der Waals surface area (Å²) in [6.45, 7) is 2.10. The topological polar surface area (TPSA) is 46.3 Å². The lowest BCUT2D eigenvalue weighted by molar-refractivity contribution is -0.118. The lowest BCUT2D eigenvalue weighted by Gasteiger charge is -2.22. The molecule has 1 aliphatic heterocycles. The number of fused-ring (bicyclic) bond motifs is 1. The normalized spacial score (nSPS) is 17.1. The number of hydrogen-bond donors (Lipinski definition) is 1. The minimum absolute atomic E-state index is 0.146. The van der Waals surface area contributed by atoms with Gasteiger partial charge in [0.05, 0.1) is 6.42 Å². The van der Waals surface area contributed by atoms with Gasteiger partial charge in [0.1, 0.15) is 0 Å². The average Bonchev–Trinajstić information content (AvgIpc) is 2.77. The van der Waals surface area contributed by atoms with Crippen molar-refractivity contribution in [2.75, 3.05) is 10.6 Å². The summed E-state index contributed by atoms with van der Waals surface area (Å²) in [5.74, 6) is 0.146. The van der Waals surface area contributed by atoms with Gasteiger partial charge in [0.15, 0.2) is 0 Å². The smallest absolute Gasteiger partial charge is 0.231 e. The monoisotopic (exact) mass is 266 g/mol. The fourth-order valence-corrected chi connectivity index (χ4v) is 2.84. The van der Waals surface area contributed by atoms with Crippen LogP contribution in [0, 0.1) is 0 Å². The van der Waals surface area contributed by atoms with E-state index in [4.69, 9.17) is 5.73 Å². The molecule has 0 aromatic heterocycles. The first-order valence-corrected chi connectivity index (χ1v) is 6.89. The molecule has 102 valence electrons. The van der Waals surface area contributed by atoms with E-state index in [1.807, 2.05) is 47.4 Å². The molecule has 0 saturated carbocycles. The molecule has 2 aromatic rings. The minimum Gasteiger partial charge on any atom is -0.399 e. The number of amides is 1. The van der Waals surface area contributed by atoms with Crippen molar-refractivity contribution in [2.45, 2.75) is 25.8 Å². The van der Waals surface area contributed by atoms with Gasteiger partial charge in [0.25, 0.3) is 0 Å². The molecule has 3 heteroatoms. The highest BCUT2D eigenvalue weighted by atomic mass is 16.2. The van der Waals surface area contributed by atoms with Crippen molar-refractivity contribution in [2.24, 2.45) is 0 Å². The fourth-order valence-electron chi connectivity index (χ4n) is 2.84. The summed E-state index contributed by atoms with van der Waals surface area (Å²) in [7, 11) is 0. The maximum absolute atomic E-state index is 12.6. The van der Waals surface area contributed by atoms with E-state index in [1.165, 1.54) is 5.56 Å². The molecule has 3 rings (SSSR count). The zero-order chi connectivity index (χ0) is 14.1. The molecule has 1 atom stereocenters. The van der Waals surface area contributed by atoms with Crippen molar-refractivity contribution in [1.82, 2.24) is 0 Å². The largest absolute Gasteiger partial charge is 0.399 e. The van der Waals surface area contributed by atoms with E-state index in [1.54, 1.807) is 0 Å². The van der Waals surface area contributed by atoms with Gasteiger partial charge in [-0.3, -0.25) is 4.79 Å². The van der Waals surface area contributed by atoms with Crippen molar-refractivity contribution < 1.29 is 4.79 Å². The van der Waals surface area contributed by atoms with Crippen LogP contribution >= 0.6 is 0 Å². The fraction of sp³-hybridized carbons (Fsp3) is 0.235. The van der Waals surface area contributed by atoms with Crippen LogP contribution in [0.15, 0.2) is 48.5 Å². The zero-order valence-electron chi connectivity index (χ0n) is 11.5. The van der Waals surface area contributed by atoms with Crippen LogP contribution in [0.4, 0.5) is 11.4 Å². The molecular weight excluding hydrogens is 248 g/mol. The molecule has 20 heavy (non-hydrogen) atoms. The second-order valence-electron chi connectivity index (χ2n) is 5.36. The van der Waals surface area contributed by atoms with Crippen molar-refractivity contribution >= 4 is 17.3 Å². The zero-order valence-corrected chi connectivity index (χ0v) is 11.5. The third kappa shape index (κ3) is 2.27. The van der Waals surface area contributed by atoms with E-state index in [9.17, 15) is 4.79 Å². The molecule has 0 unspecified atom stereocenters. The van der Waals surface area contributed by atoms with Crippen LogP contribution in [-0.4, -0.2) is 11.9 Å². The summed E-state index contributed by atoms with van der Waals surface area (Å²) < 4.78 is 0. The van der Waals surface area contributed by atoms with Gasteiger partial charge >= 0.3 is 0 Å². The van der Waals surface area contributed by atoms with Crippen LogP contribution in [0.2, 0.25) is 0 Å². The van der Waals surface area contributed by atoms with Crippen molar-refractivity contribution in [3.63, 3.8) is 0 Å². The molecule has 2 aromatic carbocycles. The lowest BCUT2D eigenvalue weighted by Crippen LogP contribution is -2.36. The Morgan fingerprint density at radius 1 is 1.20 bits per heavy atom. The third-order valence-corrected chi connectivity index (χ3v) is 3.81. The third-order valence-electron chi connectivity index (χ3n) is 3.81. The molecule has 0 spiro atoms. The highest BCUT2D eigenvalue weighted by Gasteiger charge is 2.30. The van der Waals surface area contributed by atoms with Crippen molar-refractivity contribution in [3.8, 4) is 0 Å². The van der Waals surface area contributed by atoms with Crippen molar-refractivity contribution in [1.29, 1.82) is 0 Å². The number of anilines is 2. The maximum Gasteiger partial charge on any atom is 0.231 e. The quantitative estimate of drug-likeness (QED) is 0.850. The first-order chi connectivity index (χ1) is 9.65. The van der Waals surface area contributed by atoms with Gasteiger partial charge in [-0.15, -0.1) is 0 Å². The van der Waals surface area contributed by atoms with E-state index in [2.05, 4.69) is 13.0 Å². The molecule has 2 N–H and O–H groups in total. The Morgan fingerprint density at radius 3 is 2.65 bits per heavy atom. The van der Waals surface area contributed by atoms with E-state index >= 15 is 0 Å². The molecule has 0 radical (unpaired) electrons. The molecule has 1 heterocycles. The number of benzene rings is 2. The van der Waals surface area contributed by atoms with Crippen LogP contribution in [0.5, 0.6) is 0 Å². The van der Waals surface area contributed by atoms with Gasteiger partial charge < -0.3 is 10.6 Å². The summed E-state index contributed by atoms with van der Waals surface area (Å²) in [6, 6.07) is 15.9. The highest BCUT2D eigenvalue weighted by molar-refractivity contribution is 5.97. The lowest BCUT2D eigenvalue weighted by atomic mass is 10.1. The van der Waals surface area contributed by atoms with E-state index in [0.717, 1.165) is 23.4 Å². The van der Waals surface area contributed by atoms with Gasteiger partial charge in [-0.05, 0) is 42.7 Å². The van der Waals surface area contributed by atoms with E-state index in [0.29, 0.717) is 6.42 Å². The summed E-state index contributed by atoms with van der Waals surface area (Å²) in [6.07, 6.45) is 1.35. The predicted octanol–water partition coefficient (Wildman–Crippen LogP) is 2.79. The number of para-hydroxylation sites is 1. The van der Waals surface area contributed by atoms with Crippen LogP contribution in [-0.2, 0) is 17.6 Å². The first-order valence-electron chi connectivity index (χ1n) is 6.89. The van der Waals surface area contributed by atoms with Gasteiger partial charge in [0.2, 0.25) is 5.91 Å². The average molecular weight is 266 g/mol. The van der Waals surface area contributed by atoms with Gasteiger partial charge in [-0.1, -0.05) is 30.3 Å². The Balaban J connectivity index is 1.82. The Bertz CT molecular complexity index is 634. The van der Waals surface area contributed by atoms with E-state index < -0.39 is 0 Å². The van der Waals surface area contributed by atoms with Crippen LogP contribution in [0.3, 0.4) is 0 Å². The molecule has 0 fully saturated rings. The number of carbonyl (C=O) groups is 1. The van der Waals surface area contributed by atoms with Gasteiger partial charge in [-0.25, -0.2) is 0 Å². The molecule has 1 amide bonds. The SMILES string of the molecule is C[C@@H]1Cc2ccccc2N1C(=O)Cc1ccc(N)cc1. The van der Waals surface area contributed by atoms with Crippen LogP contribution < -0.4 is 10.6 Å². The van der Waals surface area contributed by atoms with E-state index in [-0.39, 0.29) is 11.9 Å². The standard InChI is InChI=1S/C17H18N2O/c1-12-10-14-4-2-3-5-16(14)19(12)17(20)11-13-6-8-15(18)9-7-13/h2-9,12H,10-11,18H2,1H3/t12-/m1/s1. The number of carbonyl (C=O) groups excluding carboxylic acids is 1. The Labute approximate surface area is 119 Å². The van der Waals surface area contributed by atoms with Crippen molar-refractivity contribution in [3.05, 3.63) is 59.7 Å². The number of hydrogen-bond acceptors (Lipinski definition) is 2. The Morgan fingerprint density at radius 2 is 1.90 bits per heavy atom. The number of nitrogen functional groups attached to an aromatic ring is 1. The Kier molecular flexibility index (Phi) is 3.18. The van der Waals surface area contributed by atoms with Gasteiger partial charge in [-0.2, -0.15) is 0 Å².